The van der Waals surface area contributed by atoms with Crippen LogP contribution in [0, 0.1) is 11.3 Å². The Morgan fingerprint density at radius 1 is 1.07 bits per heavy atom. The lowest BCUT2D eigenvalue weighted by Gasteiger charge is -2.35. The molecule has 2 aliphatic rings. The molecule has 4 rings (SSSR count). The molecule has 1 aromatic carbocycles. The number of rotatable bonds is 10. The summed E-state index contributed by atoms with van der Waals surface area (Å²) in [6.45, 7) is 6.09. The van der Waals surface area contributed by atoms with Gasteiger partial charge in [-0.25, -0.2) is 14.6 Å². The molecule has 0 bridgehead atoms. The summed E-state index contributed by atoms with van der Waals surface area (Å²) < 4.78 is 10.8. The number of esters is 1. The van der Waals surface area contributed by atoms with E-state index >= 15 is 0 Å². The van der Waals surface area contributed by atoms with Crippen molar-refractivity contribution >= 4 is 28.9 Å². The van der Waals surface area contributed by atoms with E-state index in [4.69, 9.17) is 9.47 Å². The highest BCUT2D eigenvalue weighted by molar-refractivity contribution is 5.91. The minimum Gasteiger partial charge on any atom is -0.507 e. The fourth-order valence-corrected chi connectivity index (χ4v) is 6.34. The van der Waals surface area contributed by atoms with E-state index in [2.05, 4.69) is 10.3 Å². The summed E-state index contributed by atoms with van der Waals surface area (Å²) in [5.41, 5.74) is 0.451. The number of hydrogen-bond donors (Lipinski definition) is 3. The van der Waals surface area contributed by atoms with Crippen LogP contribution in [0.15, 0.2) is 24.3 Å². The maximum absolute atomic E-state index is 13.5. The lowest BCUT2D eigenvalue weighted by Crippen LogP contribution is -2.57. The second kappa shape index (κ2) is 13.6. The van der Waals surface area contributed by atoms with Crippen LogP contribution in [0.4, 0.5) is 4.79 Å². The third-order valence-electron chi connectivity index (χ3n) is 8.68. The fourth-order valence-electron chi connectivity index (χ4n) is 6.34. The first-order valence-corrected chi connectivity index (χ1v) is 15.2. The number of pyridine rings is 1. The fraction of sp³-hybridized carbons (Fsp3) is 0.625. The molecule has 2 fully saturated rings. The van der Waals surface area contributed by atoms with Gasteiger partial charge in [0.25, 0.3) is 0 Å². The standard InChI is InChI=1S/C32H45N3O7/c1-32(2,3)27(29(38)35-19-11-17-24(35)30(39)41-4)34-31(40)42-25-18-10-13-20(25)12-6-5-7-15-22-26(36)21-14-8-9-16-23(21)33-28(22)37/h8-9,14,16,20,24-25,27H,5-7,10-13,15,17-19H2,1-4H3,(H,34,40)(H2,33,36,37)/t20-,24+,25?,27-/m1/s1. The largest absolute Gasteiger partial charge is 0.507 e. The van der Waals surface area contributed by atoms with Gasteiger partial charge in [0.15, 0.2) is 0 Å². The van der Waals surface area contributed by atoms with E-state index in [0.29, 0.717) is 42.3 Å². The van der Waals surface area contributed by atoms with E-state index in [1.807, 2.05) is 32.9 Å². The zero-order valence-electron chi connectivity index (χ0n) is 25.2. The number of nitrogens with one attached hydrogen (secondary N) is 1. The van der Waals surface area contributed by atoms with Gasteiger partial charge in [-0.05, 0) is 74.8 Å². The van der Waals surface area contributed by atoms with Crippen molar-refractivity contribution in [1.29, 1.82) is 0 Å². The molecule has 1 aromatic heterocycles. The van der Waals surface area contributed by atoms with Gasteiger partial charge in [0.05, 0.1) is 18.2 Å². The first-order valence-electron chi connectivity index (χ1n) is 15.2. The molecule has 2 heterocycles. The van der Waals surface area contributed by atoms with Gasteiger partial charge in [-0.15, -0.1) is 0 Å². The van der Waals surface area contributed by atoms with Crippen molar-refractivity contribution in [3.63, 3.8) is 0 Å². The van der Waals surface area contributed by atoms with Gasteiger partial charge in [0.2, 0.25) is 11.8 Å². The summed E-state index contributed by atoms with van der Waals surface area (Å²) >= 11 is 0. The predicted molar refractivity (Wildman–Crippen MR) is 158 cm³/mol. The Bertz CT molecular complexity index is 1270. The predicted octanol–water partition coefficient (Wildman–Crippen LogP) is 5.22. The van der Waals surface area contributed by atoms with Gasteiger partial charge in [-0.1, -0.05) is 45.7 Å². The van der Waals surface area contributed by atoms with Gasteiger partial charge in [-0.3, -0.25) is 4.79 Å². The molecular weight excluding hydrogens is 538 g/mol. The van der Waals surface area contributed by atoms with Crippen molar-refractivity contribution in [2.24, 2.45) is 11.3 Å². The van der Waals surface area contributed by atoms with Crippen molar-refractivity contribution in [1.82, 2.24) is 15.2 Å². The number of aromatic nitrogens is 1. The second-order valence-corrected chi connectivity index (χ2v) is 12.7. The molecule has 10 nitrogen and oxygen atoms in total. The van der Waals surface area contributed by atoms with Crippen molar-refractivity contribution in [3.8, 4) is 11.6 Å². The second-order valence-electron chi connectivity index (χ2n) is 12.7. The Hall–Kier alpha value is -3.56. The molecule has 2 aromatic rings. The molecule has 230 valence electrons. The Labute approximate surface area is 247 Å². The highest BCUT2D eigenvalue weighted by Gasteiger charge is 2.43. The van der Waals surface area contributed by atoms with E-state index in [1.165, 1.54) is 12.0 Å². The SMILES string of the molecule is COC(=O)[C@@H]1CCCN1C(=O)[C@@H](NC(=O)OC1CCC[C@H]1CCCCCc1c(O)nc2ccccc2c1O)C(C)(C)C. The third-order valence-corrected chi connectivity index (χ3v) is 8.68. The van der Waals surface area contributed by atoms with Crippen LogP contribution in [-0.2, 0) is 25.5 Å². The topological polar surface area (TPSA) is 138 Å². The molecule has 0 radical (unpaired) electrons. The van der Waals surface area contributed by atoms with E-state index in [-0.39, 0.29) is 29.6 Å². The lowest BCUT2D eigenvalue weighted by molar-refractivity contribution is -0.152. The zero-order valence-corrected chi connectivity index (χ0v) is 25.2. The van der Waals surface area contributed by atoms with Gasteiger partial charge < -0.3 is 29.9 Å². The van der Waals surface area contributed by atoms with Crippen molar-refractivity contribution in [2.75, 3.05) is 13.7 Å². The van der Waals surface area contributed by atoms with Gasteiger partial charge in [-0.2, -0.15) is 0 Å². The summed E-state index contributed by atoms with van der Waals surface area (Å²) in [5, 5.41) is 24.4. The number of fused-ring (bicyclic) bond motifs is 1. The number of alkyl carbamates (subject to hydrolysis) is 1. The Kier molecular flexibility index (Phi) is 10.2. The lowest BCUT2D eigenvalue weighted by atomic mass is 9.85. The normalized spacial score (nSPS) is 21.3. The van der Waals surface area contributed by atoms with Crippen LogP contribution in [0.1, 0.15) is 84.1 Å². The number of benzene rings is 1. The number of para-hydroxylation sites is 1. The number of ether oxygens (including phenoxy) is 2. The number of aromatic hydroxyl groups is 2. The Balaban J connectivity index is 1.27. The Morgan fingerprint density at radius 3 is 2.57 bits per heavy atom. The average Bonchev–Trinajstić information content (AvgIpc) is 3.61. The van der Waals surface area contributed by atoms with Crippen LogP contribution in [0.25, 0.3) is 10.9 Å². The van der Waals surface area contributed by atoms with Crippen LogP contribution < -0.4 is 5.32 Å². The molecule has 3 N–H and O–H groups in total. The molecule has 1 aliphatic heterocycles. The molecule has 2 amide bonds. The number of hydrogen-bond acceptors (Lipinski definition) is 8. The maximum Gasteiger partial charge on any atom is 0.408 e. The Morgan fingerprint density at radius 2 is 1.83 bits per heavy atom. The maximum atomic E-state index is 13.5. The third kappa shape index (κ3) is 7.25. The molecule has 42 heavy (non-hydrogen) atoms. The monoisotopic (exact) mass is 583 g/mol. The number of amides is 2. The van der Waals surface area contributed by atoms with E-state index in [0.717, 1.165) is 44.9 Å². The van der Waals surface area contributed by atoms with Crippen LogP contribution in [0.5, 0.6) is 11.6 Å². The van der Waals surface area contributed by atoms with Crippen LogP contribution in [-0.4, -0.2) is 69.9 Å². The van der Waals surface area contributed by atoms with Gasteiger partial charge in [0.1, 0.15) is 23.9 Å². The van der Waals surface area contributed by atoms with Crippen LogP contribution >= 0.6 is 0 Å². The van der Waals surface area contributed by atoms with E-state index in [9.17, 15) is 24.6 Å². The number of methoxy groups -OCH3 is 1. The molecule has 10 heteroatoms. The van der Waals surface area contributed by atoms with Crippen LogP contribution in [0.3, 0.4) is 0 Å². The highest BCUT2D eigenvalue weighted by atomic mass is 16.6. The number of carbonyl (C=O) groups excluding carboxylic acids is 3. The van der Waals surface area contributed by atoms with E-state index < -0.39 is 29.6 Å². The van der Waals surface area contributed by atoms with Crippen molar-refractivity contribution < 1.29 is 34.1 Å². The minimum absolute atomic E-state index is 0.0889. The molecule has 4 atom stereocenters. The zero-order chi connectivity index (χ0) is 30.4. The smallest absolute Gasteiger partial charge is 0.408 e. The summed E-state index contributed by atoms with van der Waals surface area (Å²) in [5.74, 6) is -0.530. The minimum atomic E-state index is -0.840. The molecule has 0 spiro atoms. The first-order chi connectivity index (χ1) is 20.0. The van der Waals surface area contributed by atoms with Crippen molar-refractivity contribution in [2.45, 2.75) is 103 Å². The molecule has 1 saturated heterocycles. The first kappa shape index (κ1) is 31.4. The summed E-state index contributed by atoms with van der Waals surface area (Å²) in [4.78, 5) is 44.5. The molecule has 1 saturated carbocycles. The number of carbonyl (C=O) groups is 3. The van der Waals surface area contributed by atoms with E-state index in [1.54, 1.807) is 12.1 Å². The highest BCUT2D eigenvalue weighted by Crippen LogP contribution is 2.36. The summed E-state index contributed by atoms with van der Waals surface area (Å²) in [6, 6.07) is 5.73. The average molecular weight is 584 g/mol. The van der Waals surface area contributed by atoms with Gasteiger partial charge >= 0.3 is 12.1 Å². The molecule has 1 unspecified atom stereocenters. The summed E-state index contributed by atoms with van der Waals surface area (Å²) in [6.07, 6.45) is 7.22. The summed E-state index contributed by atoms with van der Waals surface area (Å²) in [7, 11) is 1.32. The van der Waals surface area contributed by atoms with Gasteiger partial charge in [0, 0.05) is 11.9 Å². The number of unbranched alkanes of at least 4 members (excludes halogenated alkanes) is 2. The van der Waals surface area contributed by atoms with Crippen LogP contribution in [0.2, 0.25) is 0 Å². The number of nitrogens with zero attached hydrogens (tertiary/aromatic N) is 2. The van der Waals surface area contributed by atoms with Crippen molar-refractivity contribution in [3.05, 3.63) is 29.8 Å². The quantitative estimate of drug-likeness (QED) is 0.256. The molecular formula is C32H45N3O7. The molecule has 1 aliphatic carbocycles. The number of likely N-dealkylation sites (tertiary alicyclic amines) is 1.